The number of amides is 1. The SMILES string of the molecule is CC(C)COc1cccc(CNC(=O)c2n[nH]c3c2CNCC3)c1. The highest BCUT2D eigenvalue weighted by atomic mass is 16.5. The summed E-state index contributed by atoms with van der Waals surface area (Å²) in [5.41, 5.74) is 3.53. The monoisotopic (exact) mass is 328 g/mol. The van der Waals surface area contributed by atoms with Crippen molar-refractivity contribution in [3.63, 3.8) is 0 Å². The number of carbonyl (C=O) groups excluding carboxylic acids is 1. The largest absolute Gasteiger partial charge is 0.493 e. The number of benzene rings is 1. The lowest BCUT2D eigenvalue weighted by Gasteiger charge is -2.13. The lowest BCUT2D eigenvalue weighted by Crippen LogP contribution is -2.28. The molecule has 3 N–H and O–H groups in total. The van der Waals surface area contributed by atoms with Crippen molar-refractivity contribution in [2.75, 3.05) is 13.2 Å². The Kier molecular flexibility index (Phi) is 5.15. The number of carbonyl (C=O) groups is 1. The Morgan fingerprint density at radius 3 is 3.12 bits per heavy atom. The Labute approximate surface area is 142 Å². The van der Waals surface area contributed by atoms with Crippen LogP contribution in [0.2, 0.25) is 0 Å². The summed E-state index contributed by atoms with van der Waals surface area (Å²) < 4.78 is 5.72. The molecule has 0 unspecified atom stereocenters. The summed E-state index contributed by atoms with van der Waals surface area (Å²) in [5.74, 6) is 1.16. The van der Waals surface area contributed by atoms with Crippen molar-refractivity contribution in [2.45, 2.75) is 33.4 Å². The lowest BCUT2D eigenvalue weighted by atomic mass is 10.1. The number of aromatic amines is 1. The molecule has 6 nitrogen and oxygen atoms in total. The van der Waals surface area contributed by atoms with Crippen LogP contribution in [0.25, 0.3) is 0 Å². The molecule has 2 aromatic rings. The van der Waals surface area contributed by atoms with E-state index in [-0.39, 0.29) is 5.91 Å². The molecule has 0 radical (unpaired) electrons. The average Bonchev–Trinajstić information content (AvgIpc) is 3.02. The van der Waals surface area contributed by atoms with Gasteiger partial charge in [0, 0.05) is 37.3 Å². The molecule has 0 saturated carbocycles. The van der Waals surface area contributed by atoms with Crippen molar-refractivity contribution >= 4 is 5.91 Å². The van der Waals surface area contributed by atoms with E-state index in [0.29, 0.717) is 31.3 Å². The molecule has 0 fully saturated rings. The molecule has 0 atom stereocenters. The summed E-state index contributed by atoms with van der Waals surface area (Å²) in [6.07, 6.45) is 0.880. The van der Waals surface area contributed by atoms with Gasteiger partial charge in [-0.15, -0.1) is 0 Å². The fourth-order valence-corrected chi connectivity index (χ4v) is 2.69. The predicted molar refractivity (Wildman–Crippen MR) is 91.9 cm³/mol. The minimum atomic E-state index is -0.148. The van der Waals surface area contributed by atoms with E-state index in [4.69, 9.17) is 4.74 Å². The molecule has 0 bridgehead atoms. The van der Waals surface area contributed by atoms with E-state index in [0.717, 1.165) is 35.5 Å². The van der Waals surface area contributed by atoms with Gasteiger partial charge in [0.15, 0.2) is 5.69 Å². The van der Waals surface area contributed by atoms with Crippen molar-refractivity contribution in [3.8, 4) is 5.75 Å². The van der Waals surface area contributed by atoms with Gasteiger partial charge in [0.1, 0.15) is 5.75 Å². The molecule has 2 heterocycles. The third-order valence-corrected chi connectivity index (χ3v) is 3.96. The van der Waals surface area contributed by atoms with Crippen molar-refractivity contribution in [1.29, 1.82) is 0 Å². The summed E-state index contributed by atoms with van der Waals surface area (Å²) in [6, 6.07) is 7.81. The second-order valence-electron chi connectivity index (χ2n) is 6.49. The summed E-state index contributed by atoms with van der Waals surface area (Å²) in [7, 11) is 0. The van der Waals surface area contributed by atoms with Crippen LogP contribution >= 0.6 is 0 Å². The number of hydrogen-bond acceptors (Lipinski definition) is 4. The highest BCUT2D eigenvalue weighted by Gasteiger charge is 2.21. The third-order valence-electron chi connectivity index (χ3n) is 3.96. The zero-order valence-electron chi connectivity index (χ0n) is 14.2. The molecular formula is C18H24N4O2. The minimum Gasteiger partial charge on any atom is -0.493 e. The molecule has 1 aromatic heterocycles. The first-order valence-corrected chi connectivity index (χ1v) is 8.40. The Morgan fingerprint density at radius 1 is 1.42 bits per heavy atom. The quantitative estimate of drug-likeness (QED) is 0.758. The zero-order valence-corrected chi connectivity index (χ0v) is 14.2. The average molecular weight is 328 g/mol. The Bertz CT molecular complexity index is 709. The fourth-order valence-electron chi connectivity index (χ4n) is 2.69. The van der Waals surface area contributed by atoms with Gasteiger partial charge < -0.3 is 15.4 Å². The van der Waals surface area contributed by atoms with Gasteiger partial charge in [0.05, 0.1) is 6.61 Å². The number of fused-ring (bicyclic) bond motifs is 1. The van der Waals surface area contributed by atoms with E-state index < -0.39 is 0 Å². The molecule has 1 aliphatic rings. The first kappa shape index (κ1) is 16.5. The molecule has 6 heteroatoms. The van der Waals surface area contributed by atoms with E-state index in [1.807, 2.05) is 24.3 Å². The maximum Gasteiger partial charge on any atom is 0.272 e. The summed E-state index contributed by atoms with van der Waals surface area (Å²) in [4.78, 5) is 12.4. The van der Waals surface area contributed by atoms with Gasteiger partial charge in [-0.2, -0.15) is 5.10 Å². The van der Waals surface area contributed by atoms with Crippen LogP contribution in [0.15, 0.2) is 24.3 Å². The first-order chi connectivity index (χ1) is 11.6. The van der Waals surface area contributed by atoms with Crippen LogP contribution in [-0.4, -0.2) is 29.3 Å². The number of aromatic nitrogens is 2. The van der Waals surface area contributed by atoms with Crippen molar-refractivity contribution in [2.24, 2.45) is 5.92 Å². The molecular weight excluding hydrogens is 304 g/mol. The summed E-state index contributed by atoms with van der Waals surface area (Å²) in [5, 5.41) is 13.4. The smallest absolute Gasteiger partial charge is 0.272 e. The maximum absolute atomic E-state index is 12.4. The van der Waals surface area contributed by atoms with E-state index in [2.05, 4.69) is 34.7 Å². The van der Waals surface area contributed by atoms with Gasteiger partial charge in [-0.05, 0) is 23.6 Å². The van der Waals surface area contributed by atoms with E-state index in [1.165, 1.54) is 0 Å². The van der Waals surface area contributed by atoms with Gasteiger partial charge in [-0.25, -0.2) is 0 Å². The molecule has 0 saturated heterocycles. The Hall–Kier alpha value is -2.34. The Balaban J connectivity index is 1.60. The van der Waals surface area contributed by atoms with Gasteiger partial charge in [0.2, 0.25) is 0 Å². The number of nitrogens with zero attached hydrogens (tertiary/aromatic N) is 1. The molecule has 3 rings (SSSR count). The van der Waals surface area contributed by atoms with Crippen LogP contribution in [0.5, 0.6) is 5.75 Å². The zero-order chi connectivity index (χ0) is 16.9. The van der Waals surface area contributed by atoms with Crippen molar-refractivity contribution in [1.82, 2.24) is 20.8 Å². The molecule has 24 heavy (non-hydrogen) atoms. The number of rotatable bonds is 6. The standard InChI is InChI=1S/C18H24N4O2/c1-12(2)11-24-14-5-3-4-13(8-14)9-20-18(23)17-15-10-19-7-6-16(15)21-22-17/h3-5,8,12,19H,6-7,9-11H2,1-2H3,(H,20,23)(H,21,22). The second-order valence-corrected chi connectivity index (χ2v) is 6.49. The molecule has 0 spiro atoms. The molecule has 128 valence electrons. The first-order valence-electron chi connectivity index (χ1n) is 8.40. The van der Waals surface area contributed by atoms with E-state index in [1.54, 1.807) is 0 Å². The van der Waals surface area contributed by atoms with Crippen molar-refractivity contribution < 1.29 is 9.53 Å². The van der Waals surface area contributed by atoms with Gasteiger partial charge in [-0.1, -0.05) is 26.0 Å². The van der Waals surface area contributed by atoms with Crippen LogP contribution in [0, 0.1) is 5.92 Å². The fraction of sp³-hybridized carbons (Fsp3) is 0.444. The normalized spacial score (nSPS) is 13.6. The van der Waals surface area contributed by atoms with Crippen LogP contribution in [0.3, 0.4) is 0 Å². The third kappa shape index (κ3) is 3.94. The lowest BCUT2D eigenvalue weighted by molar-refractivity contribution is 0.0944. The molecule has 1 aliphatic heterocycles. The van der Waals surface area contributed by atoms with Crippen molar-refractivity contribution in [3.05, 3.63) is 46.8 Å². The summed E-state index contributed by atoms with van der Waals surface area (Å²) >= 11 is 0. The number of hydrogen-bond donors (Lipinski definition) is 3. The predicted octanol–water partition coefficient (Wildman–Crippen LogP) is 2.02. The Morgan fingerprint density at radius 2 is 2.29 bits per heavy atom. The number of H-pyrrole nitrogens is 1. The molecule has 1 amide bonds. The van der Waals surface area contributed by atoms with Crippen LogP contribution in [0.1, 0.15) is 41.2 Å². The van der Waals surface area contributed by atoms with Crippen LogP contribution in [-0.2, 0) is 19.5 Å². The summed E-state index contributed by atoms with van der Waals surface area (Å²) in [6.45, 7) is 6.97. The van der Waals surface area contributed by atoms with E-state index in [9.17, 15) is 4.79 Å². The van der Waals surface area contributed by atoms with Crippen LogP contribution in [0.4, 0.5) is 0 Å². The maximum atomic E-state index is 12.4. The minimum absolute atomic E-state index is 0.148. The second kappa shape index (κ2) is 7.49. The highest BCUT2D eigenvalue weighted by Crippen LogP contribution is 2.16. The molecule has 0 aliphatic carbocycles. The number of nitrogens with one attached hydrogen (secondary N) is 3. The van der Waals surface area contributed by atoms with Gasteiger partial charge >= 0.3 is 0 Å². The highest BCUT2D eigenvalue weighted by molar-refractivity contribution is 5.94. The van der Waals surface area contributed by atoms with Gasteiger partial charge in [0.25, 0.3) is 5.91 Å². The number of ether oxygens (including phenoxy) is 1. The van der Waals surface area contributed by atoms with Crippen LogP contribution < -0.4 is 15.4 Å². The topological polar surface area (TPSA) is 79.0 Å². The van der Waals surface area contributed by atoms with Gasteiger partial charge in [-0.3, -0.25) is 9.89 Å². The molecule has 1 aromatic carbocycles. The van der Waals surface area contributed by atoms with E-state index >= 15 is 0 Å².